The first-order valence-corrected chi connectivity index (χ1v) is 5.55. The molecule has 4 nitrogen and oxygen atoms in total. The van der Waals surface area contributed by atoms with E-state index in [9.17, 15) is 9.59 Å². The zero-order valence-electron chi connectivity index (χ0n) is 9.34. The van der Waals surface area contributed by atoms with Crippen molar-refractivity contribution in [3.63, 3.8) is 0 Å². The van der Waals surface area contributed by atoms with Crippen molar-refractivity contribution in [1.29, 1.82) is 0 Å². The monoisotopic (exact) mass is 275 g/mol. The molecule has 1 rings (SSSR count). The highest BCUT2D eigenvalue weighted by atomic mass is 35.5. The SMILES string of the molecule is CC(=O)OCC(=O)Nc1c(Cl)ccc(C)c1Cl. The van der Waals surface area contributed by atoms with Crippen LogP contribution in [0.1, 0.15) is 12.5 Å². The van der Waals surface area contributed by atoms with Gasteiger partial charge in [-0.25, -0.2) is 0 Å². The number of amides is 1. The van der Waals surface area contributed by atoms with Gasteiger partial charge in [0.05, 0.1) is 15.7 Å². The molecule has 1 amide bonds. The van der Waals surface area contributed by atoms with Crippen molar-refractivity contribution in [1.82, 2.24) is 0 Å². The number of hydrogen-bond acceptors (Lipinski definition) is 3. The average Bonchev–Trinajstić information content (AvgIpc) is 2.27. The van der Waals surface area contributed by atoms with E-state index in [2.05, 4.69) is 10.1 Å². The van der Waals surface area contributed by atoms with E-state index in [-0.39, 0.29) is 6.61 Å². The lowest BCUT2D eigenvalue weighted by Gasteiger charge is -2.10. The van der Waals surface area contributed by atoms with Gasteiger partial charge in [-0.2, -0.15) is 0 Å². The highest BCUT2D eigenvalue weighted by molar-refractivity contribution is 6.40. The smallest absolute Gasteiger partial charge is 0.303 e. The van der Waals surface area contributed by atoms with Gasteiger partial charge < -0.3 is 10.1 Å². The Morgan fingerprint density at radius 3 is 2.59 bits per heavy atom. The Kier molecular flexibility index (Phi) is 4.78. The van der Waals surface area contributed by atoms with Gasteiger partial charge in [-0.1, -0.05) is 29.3 Å². The van der Waals surface area contributed by atoms with Crippen molar-refractivity contribution in [2.75, 3.05) is 11.9 Å². The fourth-order valence-corrected chi connectivity index (χ4v) is 1.58. The van der Waals surface area contributed by atoms with E-state index in [0.29, 0.717) is 15.7 Å². The van der Waals surface area contributed by atoms with E-state index in [0.717, 1.165) is 5.56 Å². The molecule has 1 aromatic carbocycles. The average molecular weight is 276 g/mol. The maximum absolute atomic E-state index is 11.4. The van der Waals surface area contributed by atoms with Crippen molar-refractivity contribution in [3.05, 3.63) is 27.7 Å². The number of anilines is 1. The van der Waals surface area contributed by atoms with E-state index in [4.69, 9.17) is 23.2 Å². The largest absolute Gasteiger partial charge is 0.456 e. The summed E-state index contributed by atoms with van der Waals surface area (Å²) in [7, 11) is 0. The van der Waals surface area contributed by atoms with Crippen LogP contribution in [-0.4, -0.2) is 18.5 Å². The lowest BCUT2D eigenvalue weighted by Crippen LogP contribution is -2.20. The number of ether oxygens (including phenoxy) is 1. The van der Waals surface area contributed by atoms with Gasteiger partial charge in [-0.3, -0.25) is 9.59 Å². The summed E-state index contributed by atoms with van der Waals surface area (Å²) < 4.78 is 4.55. The van der Waals surface area contributed by atoms with Gasteiger partial charge in [0.15, 0.2) is 6.61 Å². The molecule has 1 aromatic rings. The van der Waals surface area contributed by atoms with E-state index in [1.807, 2.05) is 0 Å². The maximum atomic E-state index is 11.4. The molecule has 0 saturated carbocycles. The molecule has 0 heterocycles. The standard InChI is InChI=1S/C11H11Cl2NO3/c1-6-3-4-8(12)11(10(6)13)14-9(16)5-17-7(2)15/h3-4H,5H2,1-2H3,(H,14,16). The van der Waals surface area contributed by atoms with Gasteiger partial charge in [-0.15, -0.1) is 0 Å². The van der Waals surface area contributed by atoms with Crippen LogP contribution in [0.15, 0.2) is 12.1 Å². The molecule has 0 fully saturated rings. The highest BCUT2D eigenvalue weighted by Gasteiger charge is 2.12. The minimum Gasteiger partial charge on any atom is -0.456 e. The summed E-state index contributed by atoms with van der Waals surface area (Å²) in [6.07, 6.45) is 0. The Labute approximate surface area is 109 Å². The van der Waals surface area contributed by atoms with Crippen LogP contribution in [-0.2, 0) is 14.3 Å². The summed E-state index contributed by atoms with van der Waals surface area (Å²) in [5.41, 5.74) is 1.12. The van der Waals surface area contributed by atoms with Gasteiger partial charge in [0.1, 0.15) is 0 Å². The number of aryl methyl sites for hydroxylation is 1. The number of halogens is 2. The predicted octanol–water partition coefficient (Wildman–Crippen LogP) is 2.80. The van der Waals surface area contributed by atoms with E-state index in [1.54, 1.807) is 19.1 Å². The van der Waals surface area contributed by atoms with Gasteiger partial charge in [0, 0.05) is 6.92 Å². The Morgan fingerprint density at radius 2 is 2.00 bits per heavy atom. The number of benzene rings is 1. The summed E-state index contributed by atoms with van der Waals surface area (Å²) in [4.78, 5) is 22.0. The molecule has 0 atom stereocenters. The first-order valence-electron chi connectivity index (χ1n) is 4.79. The maximum Gasteiger partial charge on any atom is 0.303 e. The third-order valence-electron chi connectivity index (χ3n) is 1.96. The number of carbonyl (C=O) groups is 2. The van der Waals surface area contributed by atoms with Gasteiger partial charge >= 0.3 is 5.97 Å². The molecule has 6 heteroatoms. The van der Waals surface area contributed by atoms with E-state index in [1.165, 1.54) is 6.92 Å². The molecular weight excluding hydrogens is 265 g/mol. The molecule has 0 bridgehead atoms. The number of nitrogens with one attached hydrogen (secondary N) is 1. The van der Waals surface area contributed by atoms with Crippen molar-refractivity contribution >= 4 is 40.8 Å². The molecule has 0 aliphatic heterocycles. The van der Waals surface area contributed by atoms with Crippen LogP contribution in [0.5, 0.6) is 0 Å². The van der Waals surface area contributed by atoms with Crippen molar-refractivity contribution in [2.45, 2.75) is 13.8 Å². The summed E-state index contributed by atoms with van der Waals surface area (Å²) in [5, 5.41) is 3.19. The van der Waals surface area contributed by atoms with Crippen LogP contribution in [0.4, 0.5) is 5.69 Å². The Bertz CT molecular complexity index is 460. The zero-order chi connectivity index (χ0) is 13.0. The van der Waals surface area contributed by atoms with Crippen molar-refractivity contribution in [2.24, 2.45) is 0 Å². The molecular formula is C11H11Cl2NO3. The lowest BCUT2D eigenvalue weighted by molar-refractivity contribution is -0.144. The molecule has 0 radical (unpaired) electrons. The van der Waals surface area contributed by atoms with Crippen LogP contribution < -0.4 is 5.32 Å². The van der Waals surface area contributed by atoms with Crippen LogP contribution >= 0.6 is 23.2 Å². The molecule has 1 N–H and O–H groups in total. The lowest BCUT2D eigenvalue weighted by atomic mass is 10.2. The molecule has 0 aliphatic carbocycles. The molecule has 0 unspecified atom stereocenters. The number of esters is 1. The predicted molar refractivity (Wildman–Crippen MR) is 66.5 cm³/mol. The molecule has 0 spiro atoms. The van der Waals surface area contributed by atoms with Gasteiger partial charge in [-0.05, 0) is 18.6 Å². The summed E-state index contributed by atoms with van der Waals surface area (Å²) >= 11 is 11.9. The van der Waals surface area contributed by atoms with Gasteiger partial charge in [0.25, 0.3) is 5.91 Å². The topological polar surface area (TPSA) is 55.4 Å². The number of hydrogen-bond donors (Lipinski definition) is 1. The van der Waals surface area contributed by atoms with Crippen LogP contribution in [0.3, 0.4) is 0 Å². The minimum absolute atomic E-state index is 0.325. The van der Waals surface area contributed by atoms with Gasteiger partial charge in [0.2, 0.25) is 0 Å². The highest BCUT2D eigenvalue weighted by Crippen LogP contribution is 2.32. The third-order valence-corrected chi connectivity index (χ3v) is 2.76. The van der Waals surface area contributed by atoms with Crippen molar-refractivity contribution < 1.29 is 14.3 Å². The first-order chi connectivity index (χ1) is 7.91. The molecule has 0 aromatic heterocycles. The van der Waals surface area contributed by atoms with E-state index < -0.39 is 11.9 Å². The molecule has 17 heavy (non-hydrogen) atoms. The normalized spacial score (nSPS) is 9.88. The quantitative estimate of drug-likeness (QED) is 0.863. The fraction of sp³-hybridized carbons (Fsp3) is 0.273. The molecule has 0 saturated heterocycles. The number of carbonyl (C=O) groups excluding carboxylic acids is 2. The second kappa shape index (κ2) is 5.89. The summed E-state index contributed by atoms with van der Waals surface area (Å²) in [6.45, 7) is 2.65. The third kappa shape index (κ3) is 3.91. The van der Waals surface area contributed by atoms with Crippen LogP contribution in [0, 0.1) is 6.92 Å². The first kappa shape index (κ1) is 13.8. The second-order valence-corrected chi connectivity index (χ2v) is 4.17. The van der Waals surface area contributed by atoms with Crippen molar-refractivity contribution in [3.8, 4) is 0 Å². The summed E-state index contributed by atoms with van der Waals surface area (Å²) in [6, 6.07) is 3.37. The second-order valence-electron chi connectivity index (χ2n) is 3.38. The minimum atomic E-state index is -0.526. The fourth-order valence-electron chi connectivity index (χ4n) is 1.11. The Balaban J connectivity index is 2.78. The Hall–Kier alpha value is -1.26. The number of rotatable bonds is 3. The van der Waals surface area contributed by atoms with Crippen LogP contribution in [0.25, 0.3) is 0 Å². The van der Waals surface area contributed by atoms with Crippen LogP contribution in [0.2, 0.25) is 10.0 Å². The Morgan fingerprint density at radius 1 is 1.35 bits per heavy atom. The zero-order valence-corrected chi connectivity index (χ0v) is 10.9. The summed E-state index contributed by atoms with van der Waals surface area (Å²) in [5.74, 6) is -1.02. The molecule has 0 aliphatic rings. The van der Waals surface area contributed by atoms with E-state index >= 15 is 0 Å². The molecule has 92 valence electrons.